The van der Waals surface area contributed by atoms with E-state index < -0.39 is 6.10 Å². The summed E-state index contributed by atoms with van der Waals surface area (Å²) >= 11 is 0. The van der Waals surface area contributed by atoms with Crippen LogP contribution in [-0.4, -0.2) is 29.9 Å². The zero-order valence-electron chi connectivity index (χ0n) is 8.03. The maximum Gasteiger partial charge on any atom is 0.0828 e. The van der Waals surface area contributed by atoms with Gasteiger partial charge in [-0.15, -0.1) is 0 Å². The van der Waals surface area contributed by atoms with Gasteiger partial charge in [0.15, 0.2) is 0 Å². The highest BCUT2D eigenvalue weighted by molar-refractivity contribution is 5.14. The number of aliphatic hydroxyl groups excluding tert-OH is 1. The second-order valence-corrected chi connectivity index (χ2v) is 3.14. The predicted molar refractivity (Wildman–Crippen MR) is 50.6 cm³/mol. The summed E-state index contributed by atoms with van der Waals surface area (Å²) in [7, 11) is 1.58. The van der Waals surface area contributed by atoms with Crippen molar-refractivity contribution in [3.05, 3.63) is 29.6 Å². The average Bonchev–Trinajstić information content (AvgIpc) is 2.04. The lowest BCUT2D eigenvalue weighted by Gasteiger charge is -2.08. The first-order chi connectivity index (χ1) is 6.22. The van der Waals surface area contributed by atoms with Crippen LogP contribution in [0.15, 0.2) is 18.3 Å². The van der Waals surface area contributed by atoms with Crippen molar-refractivity contribution in [3.63, 3.8) is 0 Å². The van der Waals surface area contributed by atoms with Crippen molar-refractivity contribution < 1.29 is 9.84 Å². The number of aliphatic hydroxyl groups is 1. The van der Waals surface area contributed by atoms with Crippen molar-refractivity contribution in [2.45, 2.75) is 19.4 Å². The monoisotopic (exact) mass is 181 g/mol. The van der Waals surface area contributed by atoms with Crippen LogP contribution in [0.1, 0.15) is 11.3 Å². The van der Waals surface area contributed by atoms with Gasteiger partial charge in [0, 0.05) is 25.4 Å². The Labute approximate surface area is 78.4 Å². The Morgan fingerprint density at radius 2 is 2.38 bits per heavy atom. The molecule has 72 valence electrons. The molecule has 0 fully saturated rings. The second kappa shape index (κ2) is 4.94. The smallest absolute Gasteiger partial charge is 0.0828 e. The molecule has 1 unspecified atom stereocenters. The van der Waals surface area contributed by atoms with E-state index in [0.29, 0.717) is 13.0 Å². The summed E-state index contributed by atoms with van der Waals surface area (Å²) in [6.07, 6.45) is 1.85. The van der Waals surface area contributed by atoms with E-state index >= 15 is 0 Å². The molecule has 13 heavy (non-hydrogen) atoms. The molecule has 0 radical (unpaired) electrons. The van der Waals surface area contributed by atoms with Crippen molar-refractivity contribution in [1.29, 1.82) is 0 Å². The van der Waals surface area contributed by atoms with E-state index in [1.54, 1.807) is 13.3 Å². The van der Waals surface area contributed by atoms with Crippen molar-refractivity contribution in [2.24, 2.45) is 0 Å². The highest BCUT2D eigenvalue weighted by atomic mass is 16.5. The highest BCUT2D eigenvalue weighted by Gasteiger charge is 2.05. The van der Waals surface area contributed by atoms with Crippen LogP contribution in [0.3, 0.4) is 0 Å². The molecular weight excluding hydrogens is 166 g/mol. The third-order valence-corrected chi connectivity index (χ3v) is 1.78. The Hall–Kier alpha value is -0.930. The molecule has 0 bridgehead atoms. The number of pyridine rings is 1. The molecular formula is C10H15NO2. The molecule has 0 saturated carbocycles. The van der Waals surface area contributed by atoms with Crippen LogP contribution in [0.25, 0.3) is 0 Å². The first-order valence-corrected chi connectivity index (χ1v) is 4.31. The minimum Gasteiger partial charge on any atom is -0.390 e. The fourth-order valence-electron chi connectivity index (χ4n) is 1.20. The fourth-order valence-corrected chi connectivity index (χ4v) is 1.20. The second-order valence-electron chi connectivity index (χ2n) is 3.14. The first kappa shape index (κ1) is 10.2. The molecule has 0 aliphatic rings. The number of nitrogens with zero attached hydrogens (tertiary/aromatic N) is 1. The topological polar surface area (TPSA) is 42.4 Å². The number of hydrogen-bond donors (Lipinski definition) is 1. The van der Waals surface area contributed by atoms with Gasteiger partial charge in [-0.05, 0) is 24.6 Å². The Morgan fingerprint density at radius 1 is 1.62 bits per heavy atom. The number of rotatable bonds is 4. The van der Waals surface area contributed by atoms with Gasteiger partial charge >= 0.3 is 0 Å². The van der Waals surface area contributed by atoms with Gasteiger partial charge in [0.1, 0.15) is 0 Å². The maximum absolute atomic E-state index is 9.43. The Bertz CT molecular complexity index is 263. The summed E-state index contributed by atoms with van der Waals surface area (Å²) in [4.78, 5) is 4.15. The van der Waals surface area contributed by atoms with E-state index in [0.717, 1.165) is 11.3 Å². The van der Waals surface area contributed by atoms with Gasteiger partial charge in [0.2, 0.25) is 0 Å². The summed E-state index contributed by atoms with van der Waals surface area (Å²) in [6, 6.07) is 3.91. The minimum absolute atomic E-state index is 0.357. The van der Waals surface area contributed by atoms with Crippen LogP contribution >= 0.6 is 0 Å². The van der Waals surface area contributed by atoms with E-state index in [4.69, 9.17) is 4.74 Å². The molecule has 3 nitrogen and oxygen atoms in total. The van der Waals surface area contributed by atoms with Crippen molar-refractivity contribution in [2.75, 3.05) is 13.7 Å². The normalized spacial score (nSPS) is 12.8. The number of aryl methyl sites for hydroxylation is 1. The van der Waals surface area contributed by atoms with E-state index in [-0.39, 0.29) is 0 Å². The Balaban J connectivity index is 2.53. The van der Waals surface area contributed by atoms with Crippen LogP contribution in [0.4, 0.5) is 0 Å². The van der Waals surface area contributed by atoms with Gasteiger partial charge in [0.05, 0.1) is 12.7 Å². The molecule has 0 amide bonds. The van der Waals surface area contributed by atoms with Crippen LogP contribution in [0.2, 0.25) is 0 Å². The predicted octanol–water partition coefficient (Wildman–Crippen LogP) is 0.940. The summed E-state index contributed by atoms with van der Waals surface area (Å²) in [5.41, 5.74) is 2.07. The summed E-state index contributed by atoms with van der Waals surface area (Å²) in [5.74, 6) is 0. The largest absolute Gasteiger partial charge is 0.390 e. The molecule has 0 aliphatic heterocycles. The maximum atomic E-state index is 9.43. The first-order valence-electron chi connectivity index (χ1n) is 4.31. The van der Waals surface area contributed by atoms with Gasteiger partial charge in [-0.1, -0.05) is 0 Å². The third-order valence-electron chi connectivity index (χ3n) is 1.78. The SMILES string of the molecule is COCC(O)Cc1cc(C)ccn1. The molecule has 1 aromatic rings. The molecule has 1 atom stereocenters. The van der Waals surface area contributed by atoms with Crippen LogP contribution in [0, 0.1) is 6.92 Å². The summed E-state index contributed by atoms with van der Waals surface area (Å²) in [5, 5.41) is 9.43. The molecule has 0 aromatic carbocycles. The van der Waals surface area contributed by atoms with Crippen LogP contribution in [0.5, 0.6) is 0 Å². The van der Waals surface area contributed by atoms with Crippen molar-refractivity contribution >= 4 is 0 Å². The van der Waals surface area contributed by atoms with Gasteiger partial charge in [-0.3, -0.25) is 4.98 Å². The summed E-state index contributed by atoms with van der Waals surface area (Å²) in [6.45, 7) is 2.36. The van der Waals surface area contributed by atoms with Gasteiger partial charge in [-0.25, -0.2) is 0 Å². The Kier molecular flexibility index (Phi) is 3.86. The molecule has 1 heterocycles. The van der Waals surface area contributed by atoms with E-state index in [9.17, 15) is 5.11 Å². The van der Waals surface area contributed by atoms with Crippen molar-refractivity contribution in [1.82, 2.24) is 4.98 Å². The number of methoxy groups -OCH3 is 1. The zero-order valence-corrected chi connectivity index (χ0v) is 8.03. The molecule has 1 aromatic heterocycles. The fraction of sp³-hybridized carbons (Fsp3) is 0.500. The highest BCUT2D eigenvalue weighted by Crippen LogP contribution is 2.03. The quantitative estimate of drug-likeness (QED) is 0.751. The standard InChI is InChI=1S/C10H15NO2/c1-8-3-4-11-9(5-8)6-10(12)7-13-2/h3-5,10,12H,6-7H2,1-2H3. The minimum atomic E-state index is -0.459. The molecule has 0 spiro atoms. The third kappa shape index (κ3) is 3.53. The molecule has 0 aliphatic carbocycles. The molecule has 1 N–H and O–H groups in total. The van der Waals surface area contributed by atoms with E-state index in [1.165, 1.54) is 0 Å². The summed E-state index contributed by atoms with van der Waals surface area (Å²) < 4.78 is 4.83. The van der Waals surface area contributed by atoms with Crippen LogP contribution < -0.4 is 0 Å². The van der Waals surface area contributed by atoms with E-state index in [1.807, 2.05) is 19.1 Å². The van der Waals surface area contributed by atoms with Gasteiger partial charge < -0.3 is 9.84 Å². The lowest BCUT2D eigenvalue weighted by Crippen LogP contribution is -2.17. The number of hydrogen-bond acceptors (Lipinski definition) is 3. The van der Waals surface area contributed by atoms with Gasteiger partial charge in [-0.2, -0.15) is 0 Å². The van der Waals surface area contributed by atoms with E-state index in [2.05, 4.69) is 4.98 Å². The Morgan fingerprint density at radius 3 is 3.00 bits per heavy atom. The average molecular weight is 181 g/mol. The molecule has 0 saturated heterocycles. The molecule has 1 rings (SSSR count). The van der Waals surface area contributed by atoms with Gasteiger partial charge in [0.25, 0.3) is 0 Å². The number of ether oxygens (including phenoxy) is 1. The lowest BCUT2D eigenvalue weighted by molar-refractivity contribution is 0.0644. The zero-order chi connectivity index (χ0) is 9.68. The molecule has 3 heteroatoms. The van der Waals surface area contributed by atoms with Crippen molar-refractivity contribution in [3.8, 4) is 0 Å². The van der Waals surface area contributed by atoms with Crippen LogP contribution in [-0.2, 0) is 11.2 Å². The lowest BCUT2D eigenvalue weighted by atomic mass is 10.1. The number of aromatic nitrogens is 1.